The van der Waals surface area contributed by atoms with Crippen molar-refractivity contribution in [2.75, 3.05) is 0 Å². The third-order valence-corrected chi connectivity index (χ3v) is 4.94. The molecule has 0 aromatic heterocycles. The molecule has 2 aromatic carbocycles. The fourth-order valence-corrected chi connectivity index (χ4v) is 3.44. The zero-order valence-electron chi connectivity index (χ0n) is 14.4. The molecule has 1 fully saturated rings. The molecule has 0 heterocycles. The Morgan fingerprint density at radius 2 is 1.88 bits per heavy atom. The second-order valence-electron chi connectivity index (χ2n) is 6.56. The van der Waals surface area contributed by atoms with Crippen molar-refractivity contribution in [2.45, 2.75) is 37.9 Å². The highest BCUT2D eigenvalue weighted by molar-refractivity contribution is 9.10. The van der Waals surface area contributed by atoms with E-state index in [-0.39, 0.29) is 12.3 Å². The number of hydrogen-bond acceptors (Lipinski definition) is 2. The Bertz CT molecular complexity index is 778. The predicted molar refractivity (Wildman–Crippen MR) is 104 cm³/mol. The zero-order valence-corrected chi connectivity index (χ0v) is 16.0. The van der Waals surface area contributed by atoms with E-state index < -0.39 is 12.1 Å². The molecule has 0 unspecified atom stereocenters. The first-order chi connectivity index (χ1) is 12.5. The Labute approximate surface area is 161 Å². The van der Waals surface area contributed by atoms with Gasteiger partial charge in [-0.05, 0) is 36.1 Å². The van der Waals surface area contributed by atoms with Crippen molar-refractivity contribution in [3.05, 3.63) is 70.2 Å². The molecule has 0 bridgehead atoms. The van der Waals surface area contributed by atoms with Gasteiger partial charge in [0.05, 0.1) is 12.5 Å². The molecular weight excluding hydrogens is 394 g/mol. The maximum absolute atomic E-state index is 13.0. The monoisotopic (exact) mass is 415 g/mol. The van der Waals surface area contributed by atoms with Crippen LogP contribution in [0.25, 0.3) is 0 Å². The Morgan fingerprint density at radius 3 is 2.50 bits per heavy atom. The number of nitrogens with zero attached hydrogens (tertiary/aromatic N) is 1. The number of nitrogens with two attached hydrogens (primary N) is 1. The first kappa shape index (κ1) is 18.5. The Balaban J connectivity index is 1.75. The van der Waals surface area contributed by atoms with E-state index in [4.69, 9.17) is 5.73 Å². The molecule has 0 spiro atoms. The van der Waals surface area contributed by atoms with Crippen LogP contribution in [0.2, 0.25) is 0 Å². The number of halogens is 1. The van der Waals surface area contributed by atoms with Gasteiger partial charge in [0.2, 0.25) is 5.91 Å². The minimum absolute atomic E-state index is 0.0232. The third-order valence-electron chi connectivity index (χ3n) is 4.45. The first-order valence-corrected chi connectivity index (χ1v) is 9.47. The van der Waals surface area contributed by atoms with Crippen LogP contribution in [0.5, 0.6) is 0 Å². The van der Waals surface area contributed by atoms with Gasteiger partial charge in [0.1, 0.15) is 0 Å². The summed E-state index contributed by atoms with van der Waals surface area (Å²) in [7, 11) is 0. The lowest BCUT2D eigenvalue weighted by atomic mass is 10.0. The fraction of sp³-hybridized carbons (Fsp3) is 0.300. The highest BCUT2D eigenvalue weighted by Crippen LogP contribution is 2.30. The van der Waals surface area contributed by atoms with Crippen LogP contribution in [-0.2, 0) is 11.3 Å². The molecule has 1 saturated carbocycles. The molecule has 1 aliphatic carbocycles. The van der Waals surface area contributed by atoms with Gasteiger partial charge in [0.15, 0.2) is 0 Å². The van der Waals surface area contributed by atoms with E-state index in [0.29, 0.717) is 12.6 Å². The van der Waals surface area contributed by atoms with Crippen molar-refractivity contribution in [3.8, 4) is 0 Å². The van der Waals surface area contributed by atoms with Gasteiger partial charge in [-0.3, -0.25) is 4.79 Å². The largest absolute Gasteiger partial charge is 0.352 e. The molecule has 5 nitrogen and oxygen atoms in total. The average Bonchev–Trinajstić information content (AvgIpc) is 3.44. The number of rotatable bonds is 7. The summed E-state index contributed by atoms with van der Waals surface area (Å²) in [5.41, 5.74) is 7.28. The van der Waals surface area contributed by atoms with Crippen molar-refractivity contribution in [1.29, 1.82) is 0 Å². The number of amides is 3. The van der Waals surface area contributed by atoms with Crippen molar-refractivity contribution >= 4 is 27.9 Å². The molecule has 6 heteroatoms. The molecule has 0 saturated heterocycles. The Morgan fingerprint density at radius 1 is 1.15 bits per heavy atom. The predicted octanol–water partition coefficient (Wildman–Crippen LogP) is 3.74. The lowest BCUT2D eigenvalue weighted by Crippen LogP contribution is -2.39. The number of primary amides is 1. The molecule has 1 atom stereocenters. The fourth-order valence-electron chi connectivity index (χ4n) is 3.03. The lowest BCUT2D eigenvalue weighted by molar-refractivity contribution is -0.133. The van der Waals surface area contributed by atoms with Gasteiger partial charge in [-0.1, -0.05) is 58.4 Å². The van der Waals surface area contributed by atoms with Gasteiger partial charge >= 0.3 is 6.03 Å². The van der Waals surface area contributed by atoms with Crippen LogP contribution in [0, 0.1) is 0 Å². The Kier molecular flexibility index (Phi) is 5.93. The number of carbonyl (C=O) groups excluding carboxylic acids is 2. The first-order valence-electron chi connectivity index (χ1n) is 8.68. The maximum Gasteiger partial charge on any atom is 0.312 e. The molecule has 3 N–H and O–H groups in total. The van der Waals surface area contributed by atoms with Crippen LogP contribution in [0.1, 0.15) is 36.4 Å². The topological polar surface area (TPSA) is 75.4 Å². The van der Waals surface area contributed by atoms with Gasteiger partial charge in [-0.2, -0.15) is 0 Å². The van der Waals surface area contributed by atoms with Crippen molar-refractivity contribution < 1.29 is 9.59 Å². The number of benzene rings is 2. The second-order valence-corrected chi connectivity index (χ2v) is 7.47. The number of hydrogen-bond donors (Lipinski definition) is 2. The van der Waals surface area contributed by atoms with E-state index >= 15 is 0 Å². The molecule has 3 amide bonds. The minimum atomic E-state index is -0.635. The molecular formula is C20H22BrN3O2. The lowest BCUT2D eigenvalue weighted by Gasteiger charge is -2.26. The maximum atomic E-state index is 13.0. The van der Waals surface area contributed by atoms with Crippen LogP contribution in [0.3, 0.4) is 0 Å². The highest BCUT2D eigenvalue weighted by Gasteiger charge is 2.33. The summed E-state index contributed by atoms with van der Waals surface area (Å²) in [6, 6.07) is 16.7. The number of urea groups is 1. The van der Waals surface area contributed by atoms with E-state index in [9.17, 15) is 9.59 Å². The van der Waals surface area contributed by atoms with Crippen LogP contribution >= 0.6 is 15.9 Å². The quantitative estimate of drug-likeness (QED) is 0.722. The van der Waals surface area contributed by atoms with Crippen molar-refractivity contribution in [3.63, 3.8) is 0 Å². The van der Waals surface area contributed by atoms with E-state index in [1.807, 2.05) is 59.5 Å². The normalized spacial score (nSPS) is 14.5. The van der Waals surface area contributed by atoms with Crippen LogP contribution in [0.4, 0.5) is 4.79 Å². The molecule has 136 valence electrons. The SMILES string of the molecule is NC(=O)N[C@@H](CC(=O)N(Cc1ccccc1)C1CC1)c1cccc(Br)c1. The summed E-state index contributed by atoms with van der Waals surface area (Å²) in [5.74, 6) is 0.0232. The van der Waals surface area contributed by atoms with Gasteiger partial charge in [-0.25, -0.2) is 4.79 Å². The summed E-state index contributed by atoms with van der Waals surface area (Å²) in [6.45, 7) is 0.589. The molecule has 3 rings (SSSR count). The van der Waals surface area contributed by atoms with E-state index in [2.05, 4.69) is 21.2 Å². The highest BCUT2D eigenvalue weighted by atomic mass is 79.9. The molecule has 0 radical (unpaired) electrons. The summed E-state index contributed by atoms with van der Waals surface area (Å²) < 4.78 is 0.891. The average molecular weight is 416 g/mol. The van der Waals surface area contributed by atoms with E-state index in [1.54, 1.807) is 0 Å². The summed E-state index contributed by atoms with van der Waals surface area (Å²) in [5, 5.41) is 2.70. The van der Waals surface area contributed by atoms with Crippen LogP contribution in [-0.4, -0.2) is 22.9 Å². The van der Waals surface area contributed by atoms with Crippen LogP contribution < -0.4 is 11.1 Å². The van der Waals surface area contributed by atoms with Gasteiger partial charge in [0, 0.05) is 17.1 Å². The van der Waals surface area contributed by atoms with Gasteiger partial charge in [0.25, 0.3) is 0 Å². The van der Waals surface area contributed by atoms with Crippen molar-refractivity contribution in [1.82, 2.24) is 10.2 Å². The molecule has 1 aliphatic rings. The molecule has 0 aliphatic heterocycles. The smallest absolute Gasteiger partial charge is 0.312 e. The Hall–Kier alpha value is -2.34. The molecule has 2 aromatic rings. The summed E-state index contributed by atoms with van der Waals surface area (Å²) in [6.07, 6.45) is 2.25. The third kappa shape index (κ3) is 5.08. The molecule has 26 heavy (non-hydrogen) atoms. The van der Waals surface area contributed by atoms with Gasteiger partial charge in [-0.15, -0.1) is 0 Å². The second kappa shape index (κ2) is 8.36. The van der Waals surface area contributed by atoms with Gasteiger partial charge < -0.3 is 16.0 Å². The number of carbonyl (C=O) groups is 2. The summed E-state index contributed by atoms with van der Waals surface area (Å²) in [4.78, 5) is 26.4. The minimum Gasteiger partial charge on any atom is -0.352 e. The van der Waals surface area contributed by atoms with Crippen molar-refractivity contribution in [2.24, 2.45) is 5.73 Å². The number of nitrogens with one attached hydrogen (secondary N) is 1. The van der Waals surface area contributed by atoms with Crippen LogP contribution in [0.15, 0.2) is 59.1 Å². The van der Waals surface area contributed by atoms with E-state index in [0.717, 1.165) is 28.4 Å². The van der Waals surface area contributed by atoms with E-state index in [1.165, 1.54) is 0 Å². The standard InChI is InChI=1S/C20H22BrN3O2/c21-16-8-4-7-15(11-16)18(23-20(22)26)12-19(25)24(17-9-10-17)13-14-5-2-1-3-6-14/h1-8,11,17-18H,9-10,12-13H2,(H3,22,23,26)/t18-/m0/s1. The zero-order chi connectivity index (χ0) is 18.5. The summed E-state index contributed by atoms with van der Waals surface area (Å²) >= 11 is 3.43.